The van der Waals surface area contributed by atoms with Crippen LogP contribution in [0.3, 0.4) is 0 Å². The average Bonchev–Trinajstić information content (AvgIpc) is 3.09. The van der Waals surface area contributed by atoms with Crippen LogP contribution in [0, 0.1) is 5.82 Å². The number of halogens is 3. The zero-order chi connectivity index (χ0) is 22.2. The van der Waals surface area contributed by atoms with Crippen LogP contribution in [-0.4, -0.2) is 29.4 Å². The number of hydrogen-bond acceptors (Lipinski definition) is 6. The maximum absolute atomic E-state index is 13.7. The fraction of sp³-hybridized carbons (Fsp3) is 0.100. The molecule has 0 aliphatic carbocycles. The third-order valence-electron chi connectivity index (χ3n) is 4.50. The minimum Gasteiger partial charge on any atom is -0.338 e. The Kier molecular flexibility index (Phi) is 5.85. The molecule has 0 aliphatic heterocycles. The molecule has 0 unspecified atom stereocenters. The van der Waals surface area contributed by atoms with Gasteiger partial charge in [0.05, 0.1) is 10.6 Å². The molecule has 0 bridgehead atoms. The quantitative estimate of drug-likeness (QED) is 0.393. The fourth-order valence-electron chi connectivity index (χ4n) is 3.11. The summed E-state index contributed by atoms with van der Waals surface area (Å²) in [5.74, 6) is -0.295. The highest BCUT2D eigenvalue weighted by Crippen LogP contribution is 2.29. The van der Waals surface area contributed by atoms with Crippen LogP contribution in [0.15, 0.2) is 59.6 Å². The lowest BCUT2D eigenvalue weighted by atomic mass is 10.2. The van der Waals surface area contributed by atoms with Crippen molar-refractivity contribution < 1.29 is 12.8 Å². The predicted octanol–water partition coefficient (Wildman–Crippen LogP) is 4.58. The van der Waals surface area contributed by atoms with Crippen molar-refractivity contribution in [1.82, 2.24) is 19.3 Å². The molecule has 160 valence electrons. The molecule has 0 aliphatic rings. The first-order valence-corrected chi connectivity index (χ1v) is 11.2. The Labute approximate surface area is 187 Å². The largest absolute Gasteiger partial charge is 0.338 e. The van der Waals surface area contributed by atoms with Gasteiger partial charge < -0.3 is 10.6 Å². The molecule has 11 heteroatoms. The lowest BCUT2D eigenvalue weighted by Crippen LogP contribution is -2.13. The molecule has 4 rings (SSSR count). The Bertz CT molecular complexity index is 1390. The van der Waals surface area contributed by atoms with Crippen molar-refractivity contribution >= 4 is 55.8 Å². The maximum atomic E-state index is 13.7. The van der Waals surface area contributed by atoms with Crippen molar-refractivity contribution in [2.24, 2.45) is 0 Å². The number of aromatic nitrogens is 3. The van der Waals surface area contributed by atoms with Crippen molar-refractivity contribution in [3.63, 3.8) is 0 Å². The summed E-state index contributed by atoms with van der Waals surface area (Å²) in [6.45, 7) is 0.420. The zero-order valence-electron chi connectivity index (χ0n) is 16.1. The van der Waals surface area contributed by atoms with Gasteiger partial charge in [-0.3, -0.25) is 0 Å². The summed E-state index contributed by atoms with van der Waals surface area (Å²) < 4.78 is 41.2. The van der Waals surface area contributed by atoms with E-state index in [-0.39, 0.29) is 20.8 Å². The van der Waals surface area contributed by atoms with Gasteiger partial charge in [-0.1, -0.05) is 29.3 Å². The van der Waals surface area contributed by atoms with Crippen LogP contribution in [0.2, 0.25) is 10.3 Å². The van der Waals surface area contributed by atoms with E-state index in [4.69, 9.17) is 23.2 Å². The molecule has 2 N–H and O–H groups in total. The molecular formula is C20H16Cl2FN5O2S. The number of nitrogens with zero attached hydrogens (tertiary/aromatic N) is 3. The van der Waals surface area contributed by atoms with E-state index in [9.17, 15) is 12.8 Å². The van der Waals surface area contributed by atoms with Crippen molar-refractivity contribution in [2.45, 2.75) is 11.4 Å². The number of pyridine rings is 2. The van der Waals surface area contributed by atoms with E-state index in [0.29, 0.717) is 23.4 Å². The second-order valence-corrected chi connectivity index (χ2v) is 9.17. The van der Waals surface area contributed by atoms with E-state index in [0.717, 1.165) is 15.6 Å². The van der Waals surface area contributed by atoms with Crippen molar-refractivity contribution in [3.8, 4) is 0 Å². The van der Waals surface area contributed by atoms with Gasteiger partial charge in [0.2, 0.25) is 0 Å². The topological polar surface area (TPSA) is 88.9 Å². The Morgan fingerprint density at radius 1 is 1.10 bits per heavy atom. The van der Waals surface area contributed by atoms with E-state index in [1.54, 1.807) is 31.3 Å². The van der Waals surface area contributed by atoms with Gasteiger partial charge in [0.1, 0.15) is 16.8 Å². The van der Waals surface area contributed by atoms with Crippen LogP contribution in [0.5, 0.6) is 0 Å². The Hall–Kier alpha value is -2.72. The van der Waals surface area contributed by atoms with Gasteiger partial charge in [0.25, 0.3) is 10.0 Å². The summed E-state index contributed by atoms with van der Waals surface area (Å²) in [5.41, 5.74) is 1.37. The number of benzene rings is 1. The van der Waals surface area contributed by atoms with E-state index in [1.807, 2.05) is 0 Å². The third-order valence-corrected chi connectivity index (χ3v) is 6.65. The maximum Gasteiger partial charge on any atom is 0.269 e. The minimum atomic E-state index is -4.09. The summed E-state index contributed by atoms with van der Waals surface area (Å²) in [6, 6.07) is 11.5. The molecule has 0 atom stereocenters. The van der Waals surface area contributed by atoms with Crippen LogP contribution >= 0.6 is 23.2 Å². The van der Waals surface area contributed by atoms with Gasteiger partial charge in [0.15, 0.2) is 10.8 Å². The van der Waals surface area contributed by atoms with Crippen molar-refractivity contribution in [2.75, 3.05) is 12.4 Å². The fourth-order valence-corrected chi connectivity index (χ4v) is 4.87. The highest BCUT2D eigenvalue weighted by Gasteiger charge is 2.23. The smallest absolute Gasteiger partial charge is 0.269 e. The first kappa shape index (κ1) is 21.5. The molecule has 7 nitrogen and oxygen atoms in total. The number of fused-ring (bicyclic) bond motifs is 1. The van der Waals surface area contributed by atoms with Crippen LogP contribution in [0.25, 0.3) is 11.0 Å². The summed E-state index contributed by atoms with van der Waals surface area (Å²) in [5, 5.41) is 7.05. The molecule has 0 radical (unpaired) electrons. The van der Waals surface area contributed by atoms with Gasteiger partial charge in [-0.2, -0.15) is 0 Å². The number of hydrogen-bond donors (Lipinski definition) is 2. The lowest BCUT2D eigenvalue weighted by molar-refractivity contribution is 0.584. The molecule has 31 heavy (non-hydrogen) atoms. The Balaban J connectivity index is 1.85. The van der Waals surface area contributed by atoms with E-state index in [2.05, 4.69) is 20.6 Å². The normalized spacial score (nSPS) is 11.7. The molecule has 3 aromatic heterocycles. The number of rotatable bonds is 6. The zero-order valence-corrected chi connectivity index (χ0v) is 18.4. The predicted molar refractivity (Wildman–Crippen MR) is 119 cm³/mol. The van der Waals surface area contributed by atoms with Crippen LogP contribution in [0.4, 0.5) is 15.9 Å². The molecule has 0 saturated heterocycles. The van der Waals surface area contributed by atoms with Crippen LogP contribution in [0.1, 0.15) is 5.56 Å². The second-order valence-electron chi connectivity index (χ2n) is 6.61. The molecule has 4 aromatic rings. The molecular weight excluding hydrogens is 464 g/mol. The van der Waals surface area contributed by atoms with Crippen molar-refractivity contribution in [1.29, 1.82) is 0 Å². The molecule has 0 saturated carbocycles. The highest BCUT2D eigenvalue weighted by molar-refractivity contribution is 7.90. The average molecular weight is 480 g/mol. The van der Waals surface area contributed by atoms with Crippen LogP contribution in [-0.2, 0) is 16.6 Å². The monoisotopic (exact) mass is 479 g/mol. The van der Waals surface area contributed by atoms with Crippen molar-refractivity contribution in [3.05, 3.63) is 76.4 Å². The van der Waals surface area contributed by atoms with Gasteiger partial charge in [-0.15, -0.1) is 0 Å². The Morgan fingerprint density at radius 2 is 1.90 bits per heavy atom. The number of nitrogens with one attached hydrogen (secondary N) is 2. The summed E-state index contributed by atoms with van der Waals surface area (Å²) in [4.78, 5) is 8.27. The minimum absolute atomic E-state index is 0.146. The molecule has 0 spiro atoms. The summed E-state index contributed by atoms with van der Waals surface area (Å²) in [6.07, 6.45) is 1.48. The molecule has 0 fully saturated rings. The molecule has 1 aromatic carbocycles. The van der Waals surface area contributed by atoms with Gasteiger partial charge in [-0.05, 0) is 55.1 Å². The Morgan fingerprint density at radius 3 is 2.61 bits per heavy atom. The molecule has 0 amide bonds. The molecule has 3 heterocycles. The van der Waals surface area contributed by atoms with Crippen LogP contribution < -0.4 is 10.6 Å². The van der Waals surface area contributed by atoms with Gasteiger partial charge >= 0.3 is 0 Å². The van der Waals surface area contributed by atoms with E-state index in [1.165, 1.54) is 24.4 Å². The first-order chi connectivity index (χ1) is 14.8. The lowest BCUT2D eigenvalue weighted by Gasteiger charge is -2.10. The summed E-state index contributed by atoms with van der Waals surface area (Å²) in [7, 11) is -2.33. The third kappa shape index (κ3) is 4.22. The first-order valence-electron chi connectivity index (χ1n) is 9.05. The summed E-state index contributed by atoms with van der Waals surface area (Å²) >= 11 is 11.9. The van der Waals surface area contributed by atoms with Gasteiger partial charge in [-0.25, -0.2) is 26.7 Å². The number of anilines is 2. The van der Waals surface area contributed by atoms with E-state index >= 15 is 0 Å². The second kappa shape index (κ2) is 8.43. The SMILES string of the molecule is CNCc1cn(S(=O)(=O)c2cccc(F)c2)c2nc(Nc3ccc(Cl)nc3Cl)ccc12. The standard InChI is InChI=1S/C20H16Cl2FN5O2S/c1-24-10-12-11-28(31(29,30)14-4-2-3-13(23)9-14)20-15(12)5-8-18(27-20)25-16-6-7-17(21)26-19(16)22/h2-9,11,24H,10H2,1H3,(H,25,27). The highest BCUT2D eigenvalue weighted by atomic mass is 35.5. The van der Waals surface area contributed by atoms with Gasteiger partial charge in [0, 0.05) is 18.1 Å². The van der Waals surface area contributed by atoms with E-state index < -0.39 is 15.8 Å².